The van der Waals surface area contributed by atoms with Crippen LogP contribution in [0.4, 0.5) is 4.79 Å². The third-order valence-corrected chi connectivity index (χ3v) is 3.67. The molecule has 0 saturated carbocycles. The number of benzene rings is 1. The third kappa shape index (κ3) is 5.93. The summed E-state index contributed by atoms with van der Waals surface area (Å²) in [7, 11) is 0. The van der Waals surface area contributed by atoms with Crippen LogP contribution in [0, 0.1) is 0 Å². The lowest BCUT2D eigenvalue weighted by Gasteiger charge is -2.28. The van der Waals surface area contributed by atoms with E-state index in [1.165, 1.54) is 0 Å². The van der Waals surface area contributed by atoms with E-state index in [0.717, 1.165) is 0 Å². The minimum absolute atomic E-state index is 0.196. The van der Waals surface area contributed by atoms with Gasteiger partial charge in [0, 0.05) is 16.7 Å². The molecule has 6 nitrogen and oxygen atoms in total. The first-order valence-electron chi connectivity index (χ1n) is 8.69. The molecule has 26 heavy (non-hydrogen) atoms. The summed E-state index contributed by atoms with van der Waals surface area (Å²) in [5, 5.41) is 10.7. The Hall–Kier alpha value is -2.24. The molecule has 0 atom stereocenters. The average Bonchev–Trinajstić information content (AvgIpc) is 2.40. The first kappa shape index (κ1) is 21.8. The Morgan fingerprint density at radius 3 is 1.62 bits per heavy atom. The zero-order valence-electron chi connectivity index (χ0n) is 17.3. The lowest BCUT2D eigenvalue weighted by atomic mass is 9.78. The topological polar surface area (TPSA) is 87.7 Å². The first-order chi connectivity index (χ1) is 11.5. The van der Waals surface area contributed by atoms with Gasteiger partial charge in [-0.25, -0.2) is 10.2 Å². The van der Waals surface area contributed by atoms with Crippen LogP contribution in [0.25, 0.3) is 0 Å². The fraction of sp³-hybridized carbons (Fsp3) is 0.600. The van der Waals surface area contributed by atoms with Crippen molar-refractivity contribution in [2.75, 3.05) is 0 Å². The standard InChI is InChI=1S/C20H32N2O4/c1-18(2,3)13-10-12(11-14(15(13)23)19(4,5)6)16(24)21-22-17(25)26-20(7,8)9/h10-11,23H,1-9H3,(H,21,24)(H,22,25). The van der Waals surface area contributed by atoms with E-state index in [1.807, 2.05) is 41.5 Å². The number of amides is 2. The smallest absolute Gasteiger partial charge is 0.426 e. The second kappa shape index (κ2) is 7.17. The van der Waals surface area contributed by atoms with Crippen molar-refractivity contribution in [1.29, 1.82) is 0 Å². The maximum Gasteiger partial charge on any atom is 0.426 e. The summed E-state index contributed by atoms with van der Waals surface area (Å²) in [5.74, 6) is -0.284. The number of hydrazine groups is 1. The van der Waals surface area contributed by atoms with Crippen LogP contribution in [0.3, 0.4) is 0 Å². The van der Waals surface area contributed by atoms with Gasteiger partial charge in [-0.05, 0) is 43.7 Å². The van der Waals surface area contributed by atoms with Gasteiger partial charge < -0.3 is 9.84 Å². The van der Waals surface area contributed by atoms with Crippen LogP contribution in [0.2, 0.25) is 0 Å². The van der Waals surface area contributed by atoms with Crippen molar-refractivity contribution in [2.45, 2.75) is 78.7 Å². The van der Waals surface area contributed by atoms with Gasteiger partial charge >= 0.3 is 6.09 Å². The summed E-state index contributed by atoms with van der Waals surface area (Å²) in [4.78, 5) is 24.2. The van der Waals surface area contributed by atoms with E-state index in [4.69, 9.17) is 4.74 Å². The van der Waals surface area contributed by atoms with Crippen LogP contribution in [0.1, 0.15) is 83.8 Å². The predicted molar refractivity (Wildman–Crippen MR) is 102 cm³/mol. The number of hydrogen-bond donors (Lipinski definition) is 3. The number of aromatic hydroxyl groups is 1. The predicted octanol–water partition coefficient (Wildman–Crippen LogP) is 4.16. The first-order valence-corrected chi connectivity index (χ1v) is 8.69. The van der Waals surface area contributed by atoms with E-state index >= 15 is 0 Å². The summed E-state index contributed by atoms with van der Waals surface area (Å²) in [6.45, 7) is 17.0. The molecule has 0 aliphatic rings. The Morgan fingerprint density at radius 1 is 0.846 bits per heavy atom. The van der Waals surface area contributed by atoms with Crippen molar-refractivity contribution in [3.05, 3.63) is 28.8 Å². The second-order valence-electron chi connectivity index (χ2n) is 9.50. The van der Waals surface area contributed by atoms with Gasteiger partial charge in [0.2, 0.25) is 0 Å². The molecule has 6 heteroatoms. The van der Waals surface area contributed by atoms with Crippen molar-refractivity contribution >= 4 is 12.0 Å². The molecule has 146 valence electrons. The van der Waals surface area contributed by atoms with Crippen LogP contribution in [-0.4, -0.2) is 22.7 Å². The molecule has 0 radical (unpaired) electrons. The van der Waals surface area contributed by atoms with Gasteiger partial charge in [-0.15, -0.1) is 0 Å². The van der Waals surface area contributed by atoms with Crippen molar-refractivity contribution in [3.63, 3.8) is 0 Å². The fourth-order valence-electron chi connectivity index (χ4n) is 2.39. The normalized spacial score (nSPS) is 12.5. The molecule has 3 N–H and O–H groups in total. The van der Waals surface area contributed by atoms with Crippen LogP contribution < -0.4 is 10.9 Å². The molecule has 1 rings (SSSR count). The Bertz CT molecular complexity index is 654. The molecule has 1 aromatic rings. The molecule has 0 aliphatic carbocycles. The Morgan fingerprint density at radius 2 is 1.27 bits per heavy atom. The van der Waals surface area contributed by atoms with E-state index in [1.54, 1.807) is 32.9 Å². The van der Waals surface area contributed by atoms with Crippen molar-refractivity contribution < 1.29 is 19.4 Å². The zero-order chi connectivity index (χ0) is 20.5. The van der Waals surface area contributed by atoms with Crippen LogP contribution in [0.5, 0.6) is 5.75 Å². The Balaban J connectivity index is 3.16. The number of ether oxygens (including phenoxy) is 1. The van der Waals surface area contributed by atoms with E-state index < -0.39 is 17.6 Å². The molecule has 1 aromatic carbocycles. The van der Waals surface area contributed by atoms with Gasteiger partial charge in [-0.3, -0.25) is 10.2 Å². The molecule has 0 aromatic heterocycles. The summed E-state index contributed by atoms with van der Waals surface area (Å²) in [5.41, 5.74) is 4.94. The van der Waals surface area contributed by atoms with E-state index in [9.17, 15) is 14.7 Å². The maximum absolute atomic E-state index is 12.5. The molecular weight excluding hydrogens is 332 g/mol. The van der Waals surface area contributed by atoms with Gasteiger partial charge in [0.05, 0.1) is 0 Å². The molecule has 0 saturated heterocycles. The monoisotopic (exact) mass is 364 g/mol. The molecule has 0 unspecified atom stereocenters. The molecule has 0 aliphatic heterocycles. The van der Waals surface area contributed by atoms with E-state index in [2.05, 4.69) is 10.9 Å². The molecule has 0 bridgehead atoms. The van der Waals surface area contributed by atoms with E-state index in [-0.39, 0.29) is 16.6 Å². The van der Waals surface area contributed by atoms with Gasteiger partial charge in [0.1, 0.15) is 11.4 Å². The molecule has 2 amide bonds. The minimum atomic E-state index is -0.739. The minimum Gasteiger partial charge on any atom is -0.507 e. The highest BCUT2D eigenvalue weighted by atomic mass is 16.6. The number of phenolic OH excluding ortho intramolecular Hbond substituents is 1. The van der Waals surface area contributed by atoms with Gasteiger partial charge in [-0.1, -0.05) is 41.5 Å². The number of nitrogens with one attached hydrogen (secondary N) is 2. The van der Waals surface area contributed by atoms with Gasteiger partial charge in [0.25, 0.3) is 5.91 Å². The molecular formula is C20H32N2O4. The van der Waals surface area contributed by atoms with Crippen molar-refractivity contribution in [1.82, 2.24) is 10.9 Å². The summed E-state index contributed by atoms with van der Waals surface area (Å²) >= 11 is 0. The highest BCUT2D eigenvalue weighted by Gasteiger charge is 2.28. The number of phenols is 1. The third-order valence-electron chi connectivity index (χ3n) is 3.67. The zero-order valence-corrected chi connectivity index (χ0v) is 17.3. The number of carbonyl (C=O) groups is 2. The summed E-state index contributed by atoms with van der Waals surface area (Å²) in [6, 6.07) is 3.30. The van der Waals surface area contributed by atoms with Gasteiger partial charge in [-0.2, -0.15) is 0 Å². The Labute approximate surface area is 156 Å². The summed E-state index contributed by atoms with van der Waals surface area (Å²) < 4.78 is 5.09. The largest absolute Gasteiger partial charge is 0.507 e. The average molecular weight is 364 g/mol. The quantitative estimate of drug-likeness (QED) is 0.653. The van der Waals surface area contributed by atoms with Crippen LogP contribution in [-0.2, 0) is 15.6 Å². The number of rotatable bonds is 1. The number of hydrogen-bond acceptors (Lipinski definition) is 4. The lowest BCUT2D eigenvalue weighted by Crippen LogP contribution is -2.44. The SMILES string of the molecule is CC(C)(C)OC(=O)NNC(=O)c1cc(C(C)(C)C)c(O)c(C(C)(C)C)c1. The number of carbonyl (C=O) groups excluding carboxylic acids is 2. The summed E-state index contributed by atoms with van der Waals surface area (Å²) in [6.07, 6.45) is -0.739. The lowest BCUT2D eigenvalue weighted by molar-refractivity contribution is 0.0483. The molecule has 0 heterocycles. The highest BCUT2D eigenvalue weighted by Crippen LogP contribution is 2.39. The molecule has 0 fully saturated rings. The fourth-order valence-corrected chi connectivity index (χ4v) is 2.39. The molecule has 0 spiro atoms. The Kier molecular flexibility index (Phi) is 6.02. The van der Waals surface area contributed by atoms with Crippen LogP contribution >= 0.6 is 0 Å². The van der Waals surface area contributed by atoms with Gasteiger partial charge in [0.15, 0.2) is 0 Å². The van der Waals surface area contributed by atoms with Crippen molar-refractivity contribution in [3.8, 4) is 5.75 Å². The van der Waals surface area contributed by atoms with Crippen LogP contribution in [0.15, 0.2) is 12.1 Å². The highest BCUT2D eigenvalue weighted by molar-refractivity contribution is 5.95. The second-order valence-corrected chi connectivity index (χ2v) is 9.50. The maximum atomic E-state index is 12.5. The van der Waals surface area contributed by atoms with Crippen molar-refractivity contribution in [2.24, 2.45) is 0 Å². The van der Waals surface area contributed by atoms with E-state index in [0.29, 0.717) is 16.7 Å².